The topological polar surface area (TPSA) is 120 Å². The van der Waals surface area contributed by atoms with Gasteiger partial charge in [0.15, 0.2) is 0 Å². The Labute approximate surface area is 187 Å². The van der Waals surface area contributed by atoms with Gasteiger partial charge in [-0.1, -0.05) is 30.3 Å². The molecular formula is C23H29N5O4. The van der Waals surface area contributed by atoms with E-state index >= 15 is 0 Å². The van der Waals surface area contributed by atoms with E-state index < -0.39 is 0 Å². The highest BCUT2D eigenvalue weighted by atomic mass is 16.3. The third-order valence-electron chi connectivity index (χ3n) is 6.08. The summed E-state index contributed by atoms with van der Waals surface area (Å²) in [6.45, 7) is 3.71. The van der Waals surface area contributed by atoms with Gasteiger partial charge in [0.25, 0.3) is 12.4 Å². The highest BCUT2D eigenvalue weighted by Gasteiger charge is 2.50. The molecule has 0 saturated carbocycles. The number of amides is 3. The standard InChI is InChI=1S/C22H27N5O2.CH2O2/c1-14-7-4-5-8-16(14)20-17-13-26(21(28)18-9-6-10-19(23)24-18)11-15(17)12-27(20)22(29)25(2)3;2-1-3/h4-10,15,17,20H,11-13H2,1-3H3,(H2,23,24);1H,(H,2,3)/t15-,17-,20+;/m1./s1. The minimum atomic E-state index is -0.250. The van der Waals surface area contributed by atoms with Gasteiger partial charge in [-0.2, -0.15) is 0 Å². The zero-order chi connectivity index (χ0) is 23.4. The van der Waals surface area contributed by atoms with E-state index in [9.17, 15) is 9.59 Å². The number of carbonyl (C=O) groups excluding carboxylic acids is 2. The number of aromatic nitrogens is 1. The van der Waals surface area contributed by atoms with Crippen LogP contribution in [0.4, 0.5) is 10.6 Å². The summed E-state index contributed by atoms with van der Waals surface area (Å²) >= 11 is 0. The van der Waals surface area contributed by atoms with Crippen molar-refractivity contribution in [2.75, 3.05) is 39.5 Å². The van der Waals surface area contributed by atoms with Gasteiger partial charge >= 0.3 is 6.03 Å². The Balaban J connectivity index is 0.000000913. The van der Waals surface area contributed by atoms with Gasteiger partial charge in [-0.3, -0.25) is 9.59 Å². The number of hydrogen-bond acceptors (Lipinski definition) is 5. The third kappa shape index (κ3) is 4.51. The maximum absolute atomic E-state index is 13.0. The summed E-state index contributed by atoms with van der Waals surface area (Å²) in [5.41, 5.74) is 8.45. The van der Waals surface area contributed by atoms with Crippen LogP contribution >= 0.6 is 0 Å². The van der Waals surface area contributed by atoms with Gasteiger partial charge in [-0.05, 0) is 30.2 Å². The molecular weight excluding hydrogens is 410 g/mol. The monoisotopic (exact) mass is 439 g/mol. The molecule has 0 radical (unpaired) electrons. The van der Waals surface area contributed by atoms with E-state index in [4.69, 9.17) is 15.6 Å². The van der Waals surface area contributed by atoms with Gasteiger partial charge in [0.05, 0.1) is 6.04 Å². The number of benzene rings is 1. The first-order valence-electron chi connectivity index (χ1n) is 10.4. The summed E-state index contributed by atoms with van der Waals surface area (Å²) in [5.74, 6) is 0.690. The molecule has 2 fully saturated rings. The first kappa shape index (κ1) is 23.1. The number of anilines is 1. The number of pyridine rings is 1. The highest BCUT2D eigenvalue weighted by Crippen LogP contribution is 2.46. The van der Waals surface area contributed by atoms with Crippen LogP contribution in [0.5, 0.6) is 0 Å². The van der Waals surface area contributed by atoms with Crippen LogP contribution in [0.25, 0.3) is 0 Å². The summed E-state index contributed by atoms with van der Waals surface area (Å²) in [5, 5.41) is 6.89. The number of nitrogens with zero attached hydrogens (tertiary/aromatic N) is 4. The molecule has 1 aromatic heterocycles. The van der Waals surface area contributed by atoms with Crippen molar-refractivity contribution in [2.24, 2.45) is 11.8 Å². The van der Waals surface area contributed by atoms with Crippen molar-refractivity contribution < 1.29 is 19.5 Å². The minimum Gasteiger partial charge on any atom is -0.483 e. The van der Waals surface area contributed by atoms with Gasteiger partial charge in [-0.25, -0.2) is 9.78 Å². The molecule has 0 unspecified atom stereocenters. The van der Waals surface area contributed by atoms with Gasteiger partial charge in [0.2, 0.25) is 0 Å². The Morgan fingerprint density at radius 1 is 1.12 bits per heavy atom. The number of urea groups is 1. The number of carbonyl (C=O) groups is 3. The number of hydrogen-bond donors (Lipinski definition) is 2. The zero-order valence-corrected chi connectivity index (χ0v) is 18.5. The lowest BCUT2D eigenvalue weighted by molar-refractivity contribution is -0.122. The molecule has 9 heteroatoms. The fraction of sp³-hybridized carbons (Fsp3) is 0.391. The number of nitrogens with two attached hydrogens (primary N) is 1. The summed E-state index contributed by atoms with van der Waals surface area (Å²) in [6, 6.07) is 13.3. The fourth-order valence-corrected chi connectivity index (χ4v) is 4.71. The van der Waals surface area contributed by atoms with Crippen molar-refractivity contribution in [1.82, 2.24) is 19.7 Å². The molecule has 2 aliphatic rings. The van der Waals surface area contributed by atoms with Crippen molar-refractivity contribution in [3.63, 3.8) is 0 Å². The average Bonchev–Trinajstić information content (AvgIpc) is 3.32. The van der Waals surface area contributed by atoms with E-state index in [-0.39, 0.29) is 36.3 Å². The molecule has 3 N–H and O–H groups in total. The second-order valence-electron chi connectivity index (χ2n) is 8.32. The predicted molar refractivity (Wildman–Crippen MR) is 120 cm³/mol. The van der Waals surface area contributed by atoms with E-state index in [1.807, 2.05) is 21.9 Å². The van der Waals surface area contributed by atoms with E-state index in [2.05, 4.69) is 24.0 Å². The second kappa shape index (κ2) is 9.67. The Morgan fingerprint density at radius 3 is 2.44 bits per heavy atom. The lowest BCUT2D eigenvalue weighted by atomic mass is 9.88. The van der Waals surface area contributed by atoms with Crippen molar-refractivity contribution >= 4 is 24.2 Å². The number of fused-ring (bicyclic) bond motifs is 1. The lowest BCUT2D eigenvalue weighted by Gasteiger charge is -2.32. The zero-order valence-electron chi connectivity index (χ0n) is 18.5. The highest BCUT2D eigenvalue weighted by molar-refractivity contribution is 5.93. The molecule has 2 aliphatic heterocycles. The molecule has 3 amide bonds. The lowest BCUT2D eigenvalue weighted by Crippen LogP contribution is -2.42. The van der Waals surface area contributed by atoms with Crippen molar-refractivity contribution in [3.8, 4) is 0 Å². The largest absolute Gasteiger partial charge is 0.483 e. The molecule has 4 rings (SSSR count). The molecule has 3 atom stereocenters. The molecule has 3 heterocycles. The van der Waals surface area contributed by atoms with Gasteiger partial charge in [0, 0.05) is 45.6 Å². The molecule has 9 nitrogen and oxygen atoms in total. The normalized spacial score (nSPS) is 21.4. The van der Waals surface area contributed by atoms with Crippen LogP contribution < -0.4 is 5.73 Å². The van der Waals surface area contributed by atoms with E-state index in [1.54, 1.807) is 37.2 Å². The molecule has 170 valence electrons. The average molecular weight is 440 g/mol. The SMILES string of the molecule is Cc1ccccc1[C@H]1[C@@H]2CN(C(=O)c3cccc(N)n3)C[C@@H]2CN1C(=O)N(C)C.O=CO. The number of carboxylic acid groups (broad SMARTS) is 1. The van der Waals surface area contributed by atoms with Crippen molar-refractivity contribution in [3.05, 3.63) is 59.3 Å². The van der Waals surface area contributed by atoms with E-state index in [0.717, 1.165) is 11.1 Å². The van der Waals surface area contributed by atoms with Crippen molar-refractivity contribution in [2.45, 2.75) is 13.0 Å². The number of likely N-dealkylation sites (tertiary alicyclic amines) is 2. The Kier molecular flexibility index (Phi) is 6.97. The van der Waals surface area contributed by atoms with Gasteiger partial charge in [0.1, 0.15) is 11.5 Å². The van der Waals surface area contributed by atoms with Crippen LogP contribution in [0.3, 0.4) is 0 Å². The third-order valence-corrected chi connectivity index (χ3v) is 6.08. The molecule has 2 aromatic rings. The molecule has 32 heavy (non-hydrogen) atoms. The number of rotatable bonds is 2. The van der Waals surface area contributed by atoms with Crippen LogP contribution in [-0.4, -0.2) is 76.9 Å². The maximum Gasteiger partial charge on any atom is 0.320 e. The van der Waals surface area contributed by atoms with Crippen LogP contribution in [0.15, 0.2) is 42.5 Å². The van der Waals surface area contributed by atoms with Crippen LogP contribution in [-0.2, 0) is 4.79 Å². The Hall–Kier alpha value is -3.62. The van der Waals surface area contributed by atoms with Crippen molar-refractivity contribution in [1.29, 1.82) is 0 Å². The fourth-order valence-electron chi connectivity index (χ4n) is 4.71. The quantitative estimate of drug-likeness (QED) is 0.692. The molecule has 0 aliphatic carbocycles. The number of aryl methyl sites for hydroxylation is 1. The van der Waals surface area contributed by atoms with Gasteiger partial charge in [-0.15, -0.1) is 0 Å². The molecule has 2 saturated heterocycles. The smallest absolute Gasteiger partial charge is 0.320 e. The number of nitrogen functional groups attached to an aromatic ring is 1. The predicted octanol–water partition coefficient (Wildman–Crippen LogP) is 2.10. The minimum absolute atomic E-state index is 0.0167. The molecule has 0 spiro atoms. The Bertz CT molecular complexity index is 996. The molecule has 1 aromatic carbocycles. The second-order valence-corrected chi connectivity index (χ2v) is 8.32. The molecule has 0 bridgehead atoms. The van der Waals surface area contributed by atoms with Crippen LogP contribution in [0, 0.1) is 18.8 Å². The summed E-state index contributed by atoms with van der Waals surface area (Å²) < 4.78 is 0. The van der Waals surface area contributed by atoms with Gasteiger partial charge < -0.3 is 25.5 Å². The summed E-state index contributed by atoms with van der Waals surface area (Å²) in [4.78, 5) is 43.9. The van der Waals surface area contributed by atoms with Crippen LogP contribution in [0.1, 0.15) is 27.7 Å². The first-order valence-corrected chi connectivity index (χ1v) is 10.4. The Morgan fingerprint density at radius 2 is 1.81 bits per heavy atom. The summed E-state index contributed by atoms with van der Waals surface area (Å²) in [7, 11) is 3.57. The maximum atomic E-state index is 13.0. The first-order chi connectivity index (χ1) is 15.3. The van der Waals surface area contributed by atoms with Crippen LogP contribution in [0.2, 0.25) is 0 Å². The van der Waals surface area contributed by atoms with E-state index in [1.165, 1.54) is 0 Å². The summed E-state index contributed by atoms with van der Waals surface area (Å²) in [6.07, 6.45) is 0. The van der Waals surface area contributed by atoms with E-state index in [0.29, 0.717) is 31.1 Å².